The smallest absolute Gasteiger partial charge is 0.225 e. The number of carbonyl (C=O) groups is 1. The van der Waals surface area contributed by atoms with Crippen LogP contribution in [0.25, 0.3) is 5.82 Å². The van der Waals surface area contributed by atoms with E-state index >= 15 is 0 Å². The standard InChI is InChI=1S/C24H29N7O/c1-4-25-24(28-15-19-12-23(32)29-21-8-6-5-7-20(19)21)27-14-18-9-10-22(26-13-18)31-17(3)11-16(2)30-31/h5-11,13,19H,4,12,14-15H2,1-3H3,(H,29,32)(H2,25,27,28). The van der Waals surface area contributed by atoms with Crippen LogP contribution in [-0.2, 0) is 11.3 Å². The van der Waals surface area contributed by atoms with Gasteiger partial charge >= 0.3 is 0 Å². The number of anilines is 1. The van der Waals surface area contributed by atoms with Crippen LogP contribution in [0.3, 0.4) is 0 Å². The number of hydrogen-bond donors (Lipinski definition) is 3. The maximum atomic E-state index is 12.1. The Morgan fingerprint density at radius 2 is 2.06 bits per heavy atom. The van der Waals surface area contributed by atoms with E-state index in [0.29, 0.717) is 19.5 Å². The molecule has 0 spiro atoms. The fourth-order valence-electron chi connectivity index (χ4n) is 3.91. The average Bonchev–Trinajstić information content (AvgIpc) is 3.13. The molecule has 0 bridgehead atoms. The Morgan fingerprint density at radius 1 is 1.22 bits per heavy atom. The monoisotopic (exact) mass is 431 g/mol. The van der Waals surface area contributed by atoms with Crippen LogP contribution < -0.4 is 16.0 Å². The van der Waals surface area contributed by atoms with E-state index in [1.54, 1.807) is 0 Å². The summed E-state index contributed by atoms with van der Waals surface area (Å²) in [5, 5.41) is 14.1. The number of carbonyl (C=O) groups excluding carboxylic acids is 1. The number of fused-ring (bicyclic) bond motifs is 1. The Bertz CT molecular complexity index is 1120. The minimum absolute atomic E-state index is 0.0474. The molecule has 0 radical (unpaired) electrons. The molecule has 4 rings (SSSR count). The van der Waals surface area contributed by atoms with E-state index in [1.165, 1.54) is 0 Å². The van der Waals surface area contributed by atoms with Gasteiger partial charge in [-0.3, -0.25) is 4.79 Å². The lowest BCUT2D eigenvalue weighted by Gasteiger charge is -2.26. The largest absolute Gasteiger partial charge is 0.357 e. The van der Waals surface area contributed by atoms with Crippen LogP contribution in [-0.4, -0.2) is 39.7 Å². The van der Waals surface area contributed by atoms with Crippen molar-refractivity contribution in [2.45, 2.75) is 39.7 Å². The zero-order valence-electron chi connectivity index (χ0n) is 18.7. The molecule has 2 aromatic heterocycles. The first-order valence-corrected chi connectivity index (χ1v) is 10.9. The van der Waals surface area contributed by atoms with Crippen molar-refractivity contribution in [3.8, 4) is 5.82 Å². The lowest BCUT2D eigenvalue weighted by molar-refractivity contribution is -0.116. The van der Waals surface area contributed by atoms with Crippen molar-refractivity contribution in [1.29, 1.82) is 0 Å². The number of benzene rings is 1. The molecule has 8 nitrogen and oxygen atoms in total. The van der Waals surface area contributed by atoms with Gasteiger partial charge in [-0.15, -0.1) is 0 Å². The van der Waals surface area contributed by atoms with Crippen LogP contribution in [0.15, 0.2) is 53.7 Å². The summed E-state index contributed by atoms with van der Waals surface area (Å²) in [4.78, 5) is 21.3. The van der Waals surface area contributed by atoms with Crippen molar-refractivity contribution in [2.75, 3.05) is 18.4 Å². The summed E-state index contributed by atoms with van der Waals surface area (Å²) >= 11 is 0. The molecule has 1 unspecified atom stereocenters. The molecular weight excluding hydrogens is 402 g/mol. The Balaban J connectivity index is 1.41. The van der Waals surface area contributed by atoms with Gasteiger partial charge in [-0.2, -0.15) is 5.10 Å². The molecule has 32 heavy (non-hydrogen) atoms. The number of nitrogens with one attached hydrogen (secondary N) is 3. The highest BCUT2D eigenvalue weighted by Crippen LogP contribution is 2.31. The number of hydrogen-bond acceptors (Lipinski definition) is 4. The zero-order valence-corrected chi connectivity index (χ0v) is 18.7. The second-order valence-electron chi connectivity index (χ2n) is 7.98. The van der Waals surface area contributed by atoms with Crippen LogP contribution in [0, 0.1) is 13.8 Å². The van der Waals surface area contributed by atoms with Gasteiger partial charge in [-0.25, -0.2) is 14.7 Å². The van der Waals surface area contributed by atoms with Gasteiger partial charge in [-0.05, 0) is 50.1 Å². The van der Waals surface area contributed by atoms with Gasteiger partial charge in [-0.1, -0.05) is 24.3 Å². The summed E-state index contributed by atoms with van der Waals surface area (Å²) in [7, 11) is 0. The Kier molecular flexibility index (Phi) is 6.49. The number of nitrogens with zero attached hydrogens (tertiary/aromatic N) is 4. The fourth-order valence-corrected chi connectivity index (χ4v) is 3.91. The van der Waals surface area contributed by atoms with Crippen LogP contribution in [0.2, 0.25) is 0 Å². The third-order valence-electron chi connectivity index (χ3n) is 5.42. The molecule has 3 N–H and O–H groups in total. The summed E-state index contributed by atoms with van der Waals surface area (Å²) in [5.41, 5.74) is 5.08. The molecule has 8 heteroatoms. The third kappa shape index (κ3) is 4.96. The second kappa shape index (κ2) is 9.64. The van der Waals surface area contributed by atoms with Gasteiger partial charge in [0.15, 0.2) is 11.8 Å². The van der Waals surface area contributed by atoms with Crippen molar-refractivity contribution in [2.24, 2.45) is 4.99 Å². The van der Waals surface area contributed by atoms with Crippen LogP contribution in [0.5, 0.6) is 0 Å². The molecular formula is C24H29N7O. The predicted octanol–water partition coefficient (Wildman–Crippen LogP) is 3.07. The molecule has 1 atom stereocenters. The number of rotatable bonds is 6. The molecule has 1 aliphatic heterocycles. The highest BCUT2D eigenvalue weighted by Gasteiger charge is 2.24. The van der Waals surface area contributed by atoms with Gasteiger partial charge < -0.3 is 16.0 Å². The quantitative estimate of drug-likeness (QED) is 0.412. The first-order valence-electron chi connectivity index (χ1n) is 10.9. The first kappa shape index (κ1) is 21.5. The van der Waals surface area contributed by atoms with Crippen LogP contribution in [0.4, 0.5) is 5.69 Å². The molecule has 0 fully saturated rings. The Morgan fingerprint density at radius 3 is 2.78 bits per heavy atom. The van der Waals surface area contributed by atoms with E-state index in [4.69, 9.17) is 4.99 Å². The predicted molar refractivity (Wildman–Crippen MR) is 126 cm³/mol. The maximum absolute atomic E-state index is 12.1. The highest BCUT2D eigenvalue weighted by atomic mass is 16.1. The minimum Gasteiger partial charge on any atom is -0.357 e. The van der Waals surface area contributed by atoms with Gasteiger partial charge in [0.05, 0.1) is 12.2 Å². The molecule has 1 aromatic carbocycles. The van der Waals surface area contributed by atoms with Crippen molar-refractivity contribution in [1.82, 2.24) is 25.4 Å². The molecule has 3 heterocycles. The van der Waals surface area contributed by atoms with Crippen LogP contribution >= 0.6 is 0 Å². The minimum atomic E-state index is 0.0474. The number of guanidine groups is 1. The normalized spacial score (nSPS) is 15.8. The molecule has 1 aliphatic rings. The van der Waals surface area contributed by atoms with Gasteiger partial charge in [0.2, 0.25) is 5.91 Å². The van der Waals surface area contributed by atoms with Crippen molar-refractivity contribution >= 4 is 17.6 Å². The fraction of sp³-hybridized carbons (Fsp3) is 0.333. The molecule has 3 aromatic rings. The summed E-state index contributed by atoms with van der Waals surface area (Å²) in [5.74, 6) is 1.66. The van der Waals surface area contributed by atoms with Crippen molar-refractivity contribution in [3.63, 3.8) is 0 Å². The van der Waals surface area contributed by atoms with Gasteiger partial charge in [0.25, 0.3) is 0 Å². The molecule has 0 aliphatic carbocycles. The van der Waals surface area contributed by atoms with Crippen molar-refractivity contribution < 1.29 is 4.79 Å². The SMILES string of the molecule is CCNC(=NCc1ccc(-n2nc(C)cc2C)nc1)NCC1CC(=O)Nc2ccccc21. The molecule has 1 amide bonds. The maximum Gasteiger partial charge on any atom is 0.225 e. The number of aryl methyl sites for hydroxylation is 2. The molecule has 0 saturated heterocycles. The number of aromatic nitrogens is 3. The van der Waals surface area contributed by atoms with Crippen molar-refractivity contribution in [3.05, 3.63) is 71.2 Å². The number of aliphatic imine (C=N–C) groups is 1. The van der Waals surface area contributed by atoms with E-state index in [-0.39, 0.29) is 11.8 Å². The Hall–Kier alpha value is -3.68. The van der Waals surface area contributed by atoms with Gasteiger partial charge in [0, 0.05) is 43.0 Å². The van der Waals surface area contributed by atoms with E-state index in [2.05, 4.69) is 32.1 Å². The zero-order chi connectivity index (χ0) is 22.5. The summed E-state index contributed by atoms with van der Waals surface area (Å²) in [6.45, 7) is 7.91. The average molecular weight is 432 g/mol. The Labute approximate surface area is 188 Å². The summed E-state index contributed by atoms with van der Waals surface area (Å²) < 4.78 is 1.84. The lowest BCUT2D eigenvalue weighted by atomic mass is 9.90. The third-order valence-corrected chi connectivity index (χ3v) is 5.42. The number of amides is 1. The lowest BCUT2D eigenvalue weighted by Crippen LogP contribution is -2.40. The topological polar surface area (TPSA) is 96.2 Å². The first-order chi connectivity index (χ1) is 15.5. The highest BCUT2D eigenvalue weighted by molar-refractivity contribution is 5.94. The number of para-hydroxylation sites is 1. The summed E-state index contributed by atoms with van der Waals surface area (Å²) in [6.07, 6.45) is 2.29. The molecule has 166 valence electrons. The second-order valence-corrected chi connectivity index (χ2v) is 7.98. The van der Waals surface area contributed by atoms with E-state index in [1.807, 2.05) is 68.0 Å². The van der Waals surface area contributed by atoms with Crippen LogP contribution in [0.1, 0.15) is 41.8 Å². The summed E-state index contributed by atoms with van der Waals surface area (Å²) in [6, 6.07) is 14.0. The van der Waals surface area contributed by atoms with E-state index < -0.39 is 0 Å². The van der Waals surface area contributed by atoms with E-state index in [0.717, 1.165) is 46.5 Å². The number of pyridine rings is 1. The van der Waals surface area contributed by atoms with Gasteiger partial charge in [0.1, 0.15) is 0 Å². The van der Waals surface area contributed by atoms with E-state index in [9.17, 15) is 4.79 Å². The molecule has 0 saturated carbocycles.